The van der Waals surface area contributed by atoms with Gasteiger partial charge in [-0.25, -0.2) is 0 Å². The second-order valence-corrected chi connectivity index (χ2v) is 6.16. The van der Waals surface area contributed by atoms with E-state index in [0.29, 0.717) is 38.5 Å². The topological polar surface area (TPSA) is 59.1 Å². The number of amides is 2. The van der Waals surface area contributed by atoms with E-state index in [4.69, 9.17) is 9.47 Å². The van der Waals surface area contributed by atoms with Crippen LogP contribution < -0.4 is 4.74 Å². The zero-order valence-corrected chi connectivity index (χ0v) is 13.9. The van der Waals surface area contributed by atoms with Crippen molar-refractivity contribution in [3.63, 3.8) is 0 Å². The number of para-hydroxylation sites is 1. The van der Waals surface area contributed by atoms with Crippen LogP contribution in [0.2, 0.25) is 0 Å². The lowest BCUT2D eigenvalue weighted by Gasteiger charge is -2.24. The van der Waals surface area contributed by atoms with E-state index in [1.165, 1.54) is 0 Å². The van der Waals surface area contributed by atoms with E-state index >= 15 is 0 Å². The second-order valence-electron chi connectivity index (χ2n) is 6.16. The van der Waals surface area contributed by atoms with E-state index in [-0.39, 0.29) is 24.5 Å². The normalized spacial score (nSPS) is 21.4. The monoisotopic (exact) mass is 332 g/mol. The Labute approximate surface area is 142 Å². The number of hydrogen-bond donors (Lipinski definition) is 0. The molecule has 2 fully saturated rings. The van der Waals surface area contributed by atoms with Crippen molar-refractivity contribution in [2.75, 3.05) is 39.4 Å². The summed E-state index contributed by atoms with van der Waals surface area (Å²) in [7, 11) is 0. The second kappa shape index (κ2) is 8.15. The van der Waals surface area contributed by atoms with Crippen LogP contribution in [0.1, 0.15) is 19.3 Å². The molecular weight excluding hydrogens is 308 g/mol. The van der Waals surface area contributed by atoms with Crippen LogP contribution in [-0.2, 0) is 14.3 Å². The number of hydrogen-bond acceptors (Lipinski definition) is 4. The summed E-state index contributed by atoms with van der Waals surface area (Å²) in [5.41, 5.74) is 0. The van der Waals surface area contributed by atoms with Crippen molar-refractivity contribution in [3.05, 3.63) is 30.3 Å². The van der Waals surface area contributed by atoms with Crippen LogP contribution in [-0.4, -0.2) is 67.1 Å². The minimum absolute atomic E-state index is 0.0314. The Hall–Kier alpha value is -2.08. The molecular formula is C18H24N2O4. The summed E-state index contributed by atoms with van der Waals surface area (Å²) in [5, 5.41) is 0. The maximum absolute atomic E-state index is 12.4. The zero-order chi connectivity index (χ0) is 16.8. The maximum Gasteiger partial charge on any atom is 0.260 e. The lowest BCUT2D eigenvalue weighted by atomic mass is 10.2. The first-order chi connectivity index (χ1) is 11.7. The summed E-state index contributed by atoms with van der Waals surface area (Å²) < 4.78 is 11.0. The fourth-order valence-electron chi connectivity index (χ4n) is 3.12. The molecule has 3 rings (SSSR count). The van der Waals surface area contributed by atoms with Crippen molar-refractivity contribution in [2.45, 2.75) is 25.4 Å². The van der Waals surface area contributed by atoms with E-state index in [9.17, 15) is 9.59 Å². The molecule has 6 nitrogen and oxygen atoms in total. The zero-order valence-electron chi connectivity index (χ0n) is 13.9. The van der Waals surface area contributed by atoms with Crippen LogP contribution in [0.25, 0.3) is 0 Å². The molecule has 2 aliphatic heterocycles. The summed E-state index contributed by atoms with van der Waals surface area (Å²) in [5.74, 6) is 0.725. The number of carbonyl (C=O) groups excluding carboxylic acids is 2. The molecule has 2 aliphatic rings. The number of ether oxygens (including phenoxy) is 2. The van der Waals surface area contributed by atoms with Crippen LogP contribution in [0, 0.1) is 0 Å². The summed E-state index contributed by atoms with van der Waals surface area (Å²) in [6, 6.07) is 9.32. The Kier molecular flexibility index (Phi) is 5.69. The Bertz CT molecular complexity index is 557. The summed E-state index contributed by atoms with van der Waals surface area (Å²) in [6.07, 6.45) is 2.26. The molecule has 130 valence electrons. The summed E-state index contributed by atoms with van der Waals surface area (Å²) in [6.45, 7) is 3.16. The highest BCUT2D eigenvalue weighted by Crippen LogP contribution is 2.16. The quantitative estimate of drug-likeness (QED) is 0.834. The fourth-order valence-corrected chi connectivity index (χ4v) is 3.12. The van der Waals surface area contributed by atoms with Crippen LogP contribution in [0.4, 0.5) is 0 Å². The van der Waals surface area contributed by atoms with Gasteiger partial charge >= 0.3 is 0 Å². The van der Waals surface area contributed by atoms with Gasteiger partial charge in [-0.15, -0.1) is 0 Å². The minimum Gasteiger partial charge on any atom is -0.484 e. The molecule has 24 heavy (non-hydrogen) atoms. The SMILES string of the molecule is O=C(COc1ccccc1)N1CCCN(C(=O)C2CCCO2)CC1. The van der Waals surface area contributed by atoms with Gasteiger partial charge in [0.2, 0.25) is 0 Å². The molecule has 1 aromatic rings. The lowest BCUT2D eigenvalue weighted by molar-refractivity contribution is -0.141. The van der Waals surface area contributed by atoms with E-state index in [1.54, 1.807) is 4.90 Å². The van der Waals surface area contributed by atoms with Crippen molar-refractivity contribution in [2.24, 2.45) is 0 Å². The van der Waals surface area contributed by atoms with Crippen molar-refractivity contribution < 1.29 is 19.1 Å². The Balaban J connectivity index is 1.47. The molecule has 2 heterocycles. The van der Waals surface area contributed by atoms with Gasteiger partial charge in [-0.05, 0) is 31.4 Å². The van der Waals surface area contributed by atoms with E-state index in [0.717, 1.165) is 19.3 Å². The molecule has 6 heteroatoms. The van der Waals surface area contributed by atoms with Gasteiger partial charge in [0.1, 0.15) is 11.9 Å². The number of benzene rings is 1. The van der Waals surface area contributed by atoms with Crippen LogP contribution >= 0.6 is 0 Å². The number of nitrogens with zero attached hydrogens (tertiary/aromatic N) is 2. The predicted molar refractivity (Wildman–Crippen MR) is 88.7 cm³/mol. The first kappa shape index (κ1) is 16.8. The Morgan fingerprint density at radius 2 is 1.79 bits per heavy atom. The van der Waals surface area contributed by atoms with Gasteiger partial charge in [0.15, 0.2) is 6.61 Å². The van der Waals surface area contributed by atoms with Crippen molar-refractivity contribution in [3.8, 4) is 5.75 Å². The average Bonchev–Trinajstić information content (AvgIpc) is 3.04. The molecule has 0 radical (unpaired) electrons. The van der Waals surface area contributed by atoms with Gasteiger partial charge in [-0.3, -0.25) is 9.59 Å². The van der Waals surface area contributed by atoms with Crippen molar-refractivity contribution >= 4 is 11.8 Å². The first-order valence-electron chi connectivity index (χ1n) is 8.60. The van der Waals surface area contributed by atoms with Crippen LogP contribution in [0.5, 0.6) is 5.75 Å². The fraction of sp³-hybridized carbons (Fsp3) is 0.556. The molecule has 0 N–H and O–H groups in total. The van der Waals surface area contributed by atoms with Gasteiger partial charge in [0, 0.05) is 32.8 Å². The van der Waals surface area contributed by atoms with Gasteiger partial charge in [-0.2, -0.15) is 0 Å². The molecule has 2 amide bonds. The van der Waals surface area contributed by atoms with Crippen LogP contribution in [0.3, 0.4) is 0 Å². The summed E-state index contributed by atoms with van der Waals surface area (Å²) in [4.78, 5) is 28.4. The molecule has 1 unspecified atom stereocenters. The molecule has 0 bridgehead atoms. The third-order valence-electron chi connectivity index (χ3n) is 4.47. The maximum atomic E-state index is 12.4. The van der Waals surface area contributed by atoms with Gasteiger partial charge < -0.3 is 19.3 Å². The summed E-state index contributed by atoms with van der Waals surface area (Å²) >= 11 is 0. The highest BCUT2D eigenvalue weighted by Gasteiger charge is 2.30. The molecule has 0 aliphatic carbocycles. The highest BCUT2D eigenvalue weighted by molar-refractivity contribution is 5.81. The predicted octanol–water partition coefficient (Wildman–Crippen LogP) is 1.31. The Morgan fingerprint density at radius 1 is 1.04 bits per heavy atom. The third-order valence-corrected chi connectivity index (χ3v) is 4.47. The molecule has 0 saturated carbocycles. The highest BCUT2D eigenvalue weighted by atomic mass is 16.5. The van der Waals surface area contributed by atoms with Gasteiger partial charge in [-0.1, -0.05) is 18.2 Å². The van der Waals surface area contributed by atoms with Gasteiger partial charge in [0.05, 0.1) is 0 Å². The first-order valence-corrected chi connectivity index (χ1v) is 8.60. The molecule has 0 aromatic heterocycles. The van der Waals surface area contributed by atoms with Crippen LogP contribution in [0.15, 0.2) is 30.3 Å². The van der Waals surface area contributed by atoms with E-state index in [2.05, 4.69) is 0 Å². The Morgan fingerprint density at radius 3 is 2.54 bits per heavy atom. The standard InChI is InChI=1S/C18H24N2O4/c21-17(14-24-15-6-2-1-3-7-15)19-9-5-10-20(12-11-19)18(22)16-8-4-13-23-16/h1-3,6-7,16H,4-5,8-14H2. The molecule has 0 spiro atoms. The van der Waals surface area contributed by atoms with E-state index < -0.39 is 0 Å². The number of rotatable bonds is 4. The smallest absolute Gasteiger partial charge is 0.260 e. The molecule has 1 aromatic carbocycles. The van der Waals surface area contributed by atoms with E-state index in [1.807, 2.05) is 35.2 Å². The number of carbonyl (C=O) groups is 2. The average molecular weight is 332 g/mol. The van der Waals surface area contributed by atoms with Crippen molar-refractivity contribution in [1.29, 1.82) is 0 Å². The van der Waals surface area contributed by atoms with Crippen molar-refractivity contribution in [1.82, 2.24) is 9.80 Å². The van der Waals surface area contributed by atoms with Gasteiger partial charge in [0.25, 0.3) is 11.8 Å². The molecule has 2 saturated heterocycles. The minimum atomic E-state index is -0.284. The third kappa shape index (κ3) is 4.26. The lowest BCUT2D eigenvalue weighted by Crippen LogP contribution is -2.42. The largest absolute Gasteiger partial charge is 0.484 e. The molecule has 1 atom stereocenters.